The van der Waals surface area contributed by atoms with Crippen molar-refractivity contribution in [3.63, 3.8) is 0 Å². The molecule has 0 aliphatic heterocycles. The lowest BCUT2D eigenvalue weighted by Gasteiger charge is -2.22. The summed E-state index contributed by atoms with van der Waals surface area (Å²) in [6, 6.07) is 0.0312. The molecule has 5 nitrogen and oxygen atoms in total. The van der Waals surface area contributed by atoms with Crippen molar-refractivity contribution in [2.24, 2.45) is 11.1 Å². The number of hydrogen-bond acceptors (Lipinski definition) is 5. The zero-order valence-corrected chi connectivity index (χ0v) is 13.0. The Morgan fingerprint density at radius 2 is 1.95 bits per heavy atom. The van der Waals surface area contributed by atoms with Crippen LogP contribution in [0.4, 0.5) is 0 Å². The Morgan fingerprint density at radius 1 is 1.32 bits per heavy atom. The summed E-state index contributed by atoms with van der Waals surface area (Å²) >= 11 is 0. The van der Waals surface area contributed by atoms with Gasteiger partial charge in [-0.3, -0.25) is 0 Å². The van der Waals surface area contributed by atoms with Gasteiger partial charge >= 0.3 is 0 Å². The van der Waals surface area contributed by atoms with Gasteiger partial charge in [0.25, 0.3) is 0 Å². The van der Waals surface area contributed by atoms with E-state index in [1.807, 2.05) is 13.8 Å². The first kappa shape index (κ1) is 16.1. The van der Waals surface area contributed by atoms with Gasteiger partial charge in [-0.2, -0.15) is 4.98 Å². The lowest BCUT2D eigenvalue weighted by Crippen LogP contribution is -2.29. The highest BCUT2D eigenvalue weighted by Crippen LogP contribution is 2.26. The minimum atomic E-state index is -0.490. The van der Waals surface area contributed by atoms with Crippen LogP contribution in [-0.4, -0.2) is 23.3 Å². The largest absolute Gasteiger partial charge is 0.370 e. The molecular weight excluding hydrogens is 242 g/mol. The van der Waals surface area contributed by atoms with Crippen LogP contribution in [0.1, 0.15) is 59.2 Å². The Kier molecular flexibility index (Phi) is 5.10. The highest BCUT2D eigenvalue weighted by molar-refractivity contribution is 5.00. The molecule has 0 radical (unpaired) electrons. The van der Waals surface area contributed by atoms with Gasteiger partial charge in [0.1, 0.15) is 5.60 Å². The molecule has 2 atom stereocenters. The molecule has 5 heteroatoms. The zero-order valence-electron chi connectivity index (χ0n) is 13.0. The topological polar surface area (TPSA) is 74.2 Å². The molecule has 110 valence electrons. The van der Waals surface area contributed by atoms with E-state index < -0.39 is 5.60 Å². The maximum atomic E-state index is 6.12. The lowest BCUT2D eigenvalue weighted by molar-refractivity contribution is -0.0106. The Bertz CT molecular complexity index is 392. The van der Waals surface area contributed by atoms with Crippen molar-refractivity contribution < 1.29 is 9.26 Å². The third-order valence-electron chi connectivity index (χ3n) is 3.38. The quantitative estimate of drug-likeness (QED) is 0.859. The number of methoxy groups -OCH3 is 1. The number of nitrogens with zero attached hydrogens (tertiary/aromatic N) is 2. The molecule has 2 unspecified atom stereocenters. The lowest BCUT2D eigenvalue weighted by atomic mass is 9.87. The molecule has 1 aromatic rings. The monoisotopic (exact) mass is 269 g/mol. The molecular formula is C14H27N3O2. The number of ether oxygens (including phenoxy) is 1. The van der Waals surface area contributed by atoms with Crippen LogP contribution in [0.25, 0.3) is 0 Å². The smallest absolute Gasteiger partial charge is 0.228 e. The highest BCUT2D eigenvalue weighted by Gasteiger charge is 2.30. The van der Waals surface area contributed by atoms with Gasteiger partial charge in [-0.25, -0.2) is 0 Å². The fraction of sp³-hybridized carbons (Fsp3) is 0.857. The maximum absolute atomic E-state index is 6.12. The van der Waals surface area contributed by atoms with Gasteiger partial charge in [-0.05, 0) is 25.2 Å². The third kappa shape index (κ3) is 4.58. The molecule has 2 N–H and O–H groups in total. The Morgan fingerprint density at radius 3 is 2.42 bits per heavy atom. The minimum Gasteiger partial charge on any atom is -0.370 e. The Labute approximate surface area is 115 Å². The van der Waals surface area contributed by atoms with E-state index >= 15 is 0 Å². The molecule has 0 aromatic carbocycles. The predicted molar refractivity (Wildman–Crippen MR) is 74.7 cm³/mol. The molecule has 0 aliphatic rings. The molecule has 1 aromatic heterocycles. The number of nitrogens with two attached hydrogens (primary N) is 1. The van der Waals surface area contributed by atoms with Gasteiger partial charge in [0.2, 0.25) is 11.7 Å². The normalized spacial score (nSPS) is 17.2. The minimum absolute atomic E-state index is 0.0312. The number of aromatic nitrogens is 2. The molecule has 0 amide bonds. The molecule has 0 bridgehead atoms. The van der Waals surface area contributed by atoms with Gasteiger partial charge in [0.05, 0.1) is 0 Å². The molecule has 1 rings (SSSR count). The van der Waals surface area contributed by atoms with Gasteiger partial charge < -0.3 is 15.0 Å². The SMILES string of the molecule is CCC(C)(OC)c1noc(CC(N)CC(C)(C)C)n1. The van der Waals surface area contributed by atoms with Crippen molar-refractivity contribution in [3.8, 4) is 0 Å². The summed E-state index contributed by atoms with van der Waals surface area (Å²) in [6.07, 6.45) is 2.31. The average molecular weight is 269 g/mol. The summed E-state index contributed by atoms with van der Waals surface area (Å²) in [5.41, 5.74) is 5.83. The molecule has 19 heavy (non-hydrogen) atoms. The van der Waals surface area contributed by atoms with E-state index in [1.165, 1.54) is 0 Å². The van der Waals surface area contributed by atoms with E-state index in [0.717, 1.165) is 12.8 Å². The van der Waals surface area contributed by atoms with E-state index in [9.17, 15) is 0 Å². The van der Waals surface area contributed by atoms with Crippen molar-refractivity contribution in [1.29, 1.82) is 0 Å². The summed E-state index contributed by atoms with van der Waals surface area (Å²) < 4.78 is 10.7. The Hall–Kier alpha value is -0.940. The summed E-state index contributed by atoms with van der Waals surface area (Å²) in [5, 5.41) is 4.01. The standard InChI is InChI=1S/C14H27N3O2/c1-7-14(5,18-6)12-16-11(19-17-12)8-10(15)9-13(2,3)4/h10H,7-9,15H2,1-6H3. The summed E-state index contributed by atoms with van der Waals surface area (Å²) in [6.45, 7) is 10.5. The van der Waals surface area contributed by atoms with Crippen LogP contribution < -0.4 is 5.73 Å². The first-order valence-electron chi connectivity index (χ1n) is 6.84. The van der Waals surface area contributed by atoms with Crippen molar-refractivity contribution in [2.75, 3.05) is 7.11 Å². The van der Waals surface area contributed by atoms with E-state index in [2.05, 4.69) is 30.9 Å². The second-order valence-electron chi connectivity index (χ2n) is 6.53. The third-order valence-corrected chi connectivity index (χ3v) is 3.38. The van der Waals surface area contributed by atoms with E-state index in [-0.39, 0.29) is 11.5 Å². The average Bonchev–Trinajstić information content (AvgIpc) is 2.74. The van der Waals surface area contributed by atoms with E-state index in [4.69, 9.17) is 15.0 Å². The number of rotatable bonds is 6. The number of hydrogen-bond donors (Lipinski definition) is 1. The van der Waals surface area contributed by atoms with Gasteiger partial charge in [0, 0.05) is 19.6 Å². The van der Waals surface area contributed by atoms with Crippen molar-refractivity contribution in [2.45, 2.75) is 65.5 Å². The molecule has 0 saturated heterocycles. The van der Waals surface area contributed by atoms with Crippen molar-refractivity contribution >= 4 is 0 Å². The molecule has 0 aliphatic carbocycles. The Balaban J connectivity index is 2.70. The van der Waals surface area contributed by atoms with Crippen molar-refractivity contribution in [1.82, 2.24) is 10.1 Å². The van der Waals surface area contributed by atoms with Crippen LogP contribution in [0.2, 0.25) is 0 Å². The van der Waals surface area contributed by atoms with Crippen molar-refractivity contribution in [3.05, 3.63) is 11.7 Å². The summed E-state index contributed by atoms with van der Waals surface area (Å²) in [7, 11) is 1.66. The maximum Gasteiger partial charge on any atom is 0.228 e. The first-order valence-corrected chi connectivity index (χ1v) is 6.84. The summed E-state index contributed by atoms with van der Waals surface area (Å²) in [4.78, 5) is 4.41. The van der Waals surface area contributed by atoms with Crippen LogP contribution in [0.15, 0.2) is 4.52 Å². The van der Waals surface area contributed by atoms with Gasteiger partial charge in [-0.1, -0.05) is 32.9 Å². The van der Waals surface area contributed by atoms with Gasteiger partial charge in [-0.15, -0.1) is 0 Å². The fourth-order valence-electron chi connectivity index (χ4n) is 2.03. The van der Waals surface area contributed by atoms with E-state index in [0.29, 0.717) is 18.1 Å². The first-order chi connectivity index (χ1) is 8.70. The second-order valence-corrected chi connectivity index (χ2v) is 6.53. The van der Waals surface area contributed by atoms with Crippen LogP contribution in [0, 0.1) is 5.41 Å². The molecule has 1 heterocycles. The van der Waals surface area contributed by atoms with E-state index in [1.54, 1.807) is 7.11 Å². The fourth-order valence-corrected chi connectivity index (χ4v) is 2.03. The zero-order chi connectivity index (χ0) is 14.7. The van der Waals surface area contributed by atoms with Gasteiger partial charge in [0.15, 0.2) is 0 Å². The predicted octanol–water partition coefficient (Wildman–Crippen LogP) is 2.65. The second kappa shape index (κ2) is 6.01. The van der Waals surface area contributed by atoms with Crippen LogP contribution in [0.3, 0.4) is 0 Å². The van der Waals surface area contributed by atoms with Crippen LogP contribution >= 0.6 is 0 Å². The molecule has 0 spiro atoms. The molecule has 0 fully saturated rings. The highest BCUT2D eigenvalue weighted by atomic mass is 16.5. The van der Waals surface area contributed by atoms with Crippen LogP contribution in [-0.2, 0) is 16.8 Å². The summed E-state index contributed by atoms with van der Waals surface area (Å²) in [5.74, 6) is 1.18. The molecule has 0 saturated carbocycles. The van der Waals surface area contributed by atoms with Crippen LogP contribution in [0.5, 0.6) is 0 Å².